The average Bonchev–Trinajstić information content (AvgIpc) is 3.13. The zero-order chi connectivity index (χ0) is 41.5. The summed E-state index contributed by atoms with van der Waals surface area (Å²) in [6.07, 6.45) is 6.20. The highest BCUT2D eigenvalue weighted by Gasteiger charge is 2.42. The fourth-order valence-corrected chi connectivity index (χ4v) is 3.94. The van der Waals surface area contributed by atoms with E-state index in [-0.39, 0.29) is 29.2 Å². The monoisotopic (exact) mass is 786 g/mol. The van der Waals surface area contributed by atoms with Gasteiger partial charge in [-0.05, 0) is 39.8 Å². The maximum atomic E-state index is 14.7. The molecule has 1 aromatic carbocycles. The van der Waals surface area contributed by atoms with Gasteiger partial charge in [-0.2, -0.15) is 4.98 Å². The lowest BCUT2D eigenvalue weighted by molar-refractivity contribution is -0.362. The molecule has 3 heterocycles. The summed E-state index contributed by atoms with van der Waals surface area (Å²) in [7, 11) is -1.04. The predicted octanol–water partition coefficient (Wildman–Crippen LogP) is 3.94. The first-order valence-corrected chi connectivity index (χ1v) is 19.1. The van der Waals surface area contributed by atoms with Crippen LogP contribution in [0.5, 0.6) is 23.0 Å². The summed E-state index contributed by atoms with van der Waals surface area (Å²) in [5.74, 6) is -0.806. The van der Waals surface area contributed by atoms with Crippen LogP contribution in [0, 0.1) is 5.82 Å². The van der Waals surface area contributed by atoms with Crippen molar-refractivity contribution in [1.82, 2.24) is 15.0 Å². The first-order valence-electron chi connectivity index (χ1n) is 17.6. The smallest absolute Gasteiger partial charge is 0.273 e. The van der Waals surface area contributed by atoms with Crippen LogP contribution < -0.4 is 55.7 Å². The lowest BCUT2D eigenvalue weighted by Crippen LogP contribution is -2.53. The Labute approximate surface area is 318 Å². The van der Waals surface area contributed by atoms with Gasteiger partial charge < -0.3 is 59.9 Å². The van der Waals surface area contributed by atoms with Gasteiger partial charge in [0.15, 0.2) is 40.3 Å². The van der Waals surface area contributed by atoms with E-state index in [0.29, 0.717) is 22.9 Å². The average molecular weight is 787 g/mol. The van der Waals surface area contributed by atoms with Gasteiger partial charge >= 0.3 is 0 Å². The lowest BCUT2D eigenvalue weighted by atomic mass is 10.1. The SMILES string of the molecule is CCCC.CCCC.CC[NH3+].CC[NH3+].COc1cc(Nc2ncc(F)c(Nc3ccc4c(n3)N(COP(=O)([O-])[O-])C(=O)C(C)(C)O4)n2)cc(OC)c1OC. The number of ether oxygens (including phenoxy) is 4. The van der Waals surface area contributed by atoms with Gasteiger partial charge in [-0.15, -0.1) is 0 Å². The number of methoxy groups -OCH3 is 3. The third-order valence-electron chi connectivity index (χ3n) is 6.48. The summed E-state index contributed by atoms with van der Waals surface area (Å²) < 4.78 is 51.6. The van der Waals surface area contributed by atoms with Crippen LogP contribution in [-0.2, 0) is 13.9 Å². The van der Waals surface area contributed by atoms with Gasteiger partial charge in [-0.3, -0.25) is 9.69 Å². The molecule has 0 unspecified atom stereocenters. The largest absolute Gasteiger partial charge is 0.790 e. The van der Waals surface area contributed by atoms with Crippen molar-refractivity contribution in [2.75, 3.05) is 56.7 Å². The number of benzene rings is 1. The van der Waals surface area contributed by atoms with Crippen LogP contribution in [-0.4, -0.2) is 67.6 Å². The second-order valence-corrected chi connectivity index (χ2v) is 12.8. The number of rotatable bonds is 12. The number of carbonyl (C=O) groups is 1. The third kappa shape index (κ3) is 16.8. The Hall–Kier alpha value is -4.32. The standard InChI is InChI=1S/C23H26FN6O9P.2C4H10.2C2H7N/c1-23(2)21(31)30(11-38-40(32,33)34)20-14(39-23)6-7-17(28-20)27-19-13(24)10-25-22(29-19)26-12-8-15(35-3)18(37-5)16(9-12)36-4;2*1-3-4-2;2*1-2-3/h6-10H,11H2,1-5H3,(H2,32,33,34)(H2,25,26,27,28,29);2*3-4H2,1-2H3;2*2-3H2,1H3. The molecule has 0 fully saturated rings. The highest BCUT2D eigenvalue weighted by molar-refractivity contribution is 7.43. The minimum Gasteiger partial charge on any atom is -0.790 e. The number of hydrogen-bond donors (Lipinski definition) is 4. The number of halogens is 1. The topological polar surface area (TPSA) is 248 Å². The van der Waals surface area contributed by atoms with Crippen LogP contribution in [0.25, 0.3) is 0 Å². The van der Waals surface area contributed by atoms with E-state index in [1.54, 1.807) is 12.1 Å². The second-order valence-electron chi connectivity index (χ2n) is 11.6. The highest BCUT2D eigenvalue weighted by Crippen LogP contribution is 2.41. The Balaban J connectivity index is 0.00000173. The Morgan fingerprint density at radius 2 is 1.41 bits per heavy atom. The van der Waals surface area contributed by atoms with E-state index >= 15 is 0 Å². The summed E-state index contributed by atoms with van der Waals surface area (Å²) in [6, 6.07) is 6.05. The first kappa shape index (κ1) is 49.7. The molecule has 0 spiro atoms. The molecule has 2 aromatic heterocycles. The first-order chi connectivity index (χ1) is 25.5. The molecule has 8 N–H and O–H groups in total. The maximum Gasteiger partial charge on any atom is 0.273 e. The number of fused-ring (bicyclic) bond motifs is 1. The molecule has 0 bridgehead atoms. The third-order valence-corrected chi connectivity index (χ3v) is 6.91. The minimum atomic E-state index is -5.41. The number of unbranched alkanes of at least 4 members (excludes halogenated alkanes) is 2. The molecule has 4 rings (SSSR count). The van der Waals surface area contributed by atoms with Crippen molar-refractivity contribution < 1.29 is 58.5 Å². The van der Waals surface area contributed by atoms with Gasteiger partial charge in [-0.25, -0.2) is 14.4 Å². The van der Waals surface area contributed by atoms with E-state index in [1.807, 2.05) is 13.8 Å². The molecule has 0 radical (unpaired) electrons. The summed E-state index contributed by atoms with van der Waals surface area (Å²) in [4.78, 5) is 48.1. The molecule has 306 valence electrons. The maximum absolute atomic E-state index is 14.7. The van der Waals surface area contributed by atoms with E-state index in [4.69, 9.17) is 18.9 Å². The van der Waals surface area contributed by atoms with Crippen molar-refractivity contribution in [2.24, 2.45) is 0 Å². The van der Waals surface area contributed by atoms with E-state index in [2.05, 4.69) is 69.3 Å². The van der Waals surface area contributed by atoms with E-state index in [0.717, 1.165) is 24.2 Å². The Bertz CT molecular complexity index is 1560. The molecule has 54 heavy (non-hydrogen) atoms. The second kappa shape index (κ2) is 25.7. The van der Waals surface area contributed by atoms with Crippen LogP contribution in [0.15, 0.2) is 30.5 Å². The minimum absolute atomic E-state index is 0.00335. The van der Waals surface area contributed by atoms with Crippen molar-refractivity contribution in [3.63, 3.8) is 0 Å². The van der Waals surface area contributed by atoms with Gasteiger partial charge in [0.1, 0.15) is 12.5 Å². The summed E-state index contributed by atoms with van der Waals surface area (Å²) >= 11 is 0. The fraction of sp³-hybridized carbons (Fsp3) is 0.543. The number of phosphoric acid groups is 1. The molecule has 0 atom stereocenters. The molecule has 0 saturated heterocycles. The molecule has 19 heteroatoms. The Morgan fingerprint density at radius 3 is 1.85 bits per heavy atom. The number of amides is 1. The molecular weight excluding hydrogens is 726 g/mol. The van der Waals surface area contributed by atoms with Gasteiger partial charge in [0.25, 0.3) is 5.91 Å². The molecule has 17 nitrogen and oxygen atoms in total. The number of phosphoric ester groups is 1. The van der Waals surface area contributed by atoms with E-state index in [9.17, 15) is 23.5 Å². The highest BCUT2D eigenvalue weighted by atomic mass is 31.2. The normalized spacial score (nSPS) is 12.3. The fourth-order valence-electron chi connectivity index (χ4n) is 3.68. The zero-order valence-electron chi connectivity index (χ0n) is 33.5. The number of aromatic nitrogens is 3. The van der Waals surface area contributed by atoms with Crippen molar-refractivity contribution in [2.45, 2.75) is 86.7 Å². The number of nitrogens with one attached hydrogen (secondary N) is 2. The molecule has 0 aliphatic carbocycles. The van der Waals surface area contributed by atoms with Crippen LogP contribution >= 0.6 is 7.82 Å². The Morgan fingerprint density at radius 1 is 0.889 bits per heavy atom. The molecule has 1 amide bonds. The van der Waals surface area contributed by atoms with Crippen LogP contribution in [0.1, 0.15) is 81.1 Å². The summed E-state index contributed by atoms with van der Waals surface area (Å²) in [5, 5.41) is 5.60. The van der Waals surface area contributed by atoms with Crippen LogP contribution in [0.2, 0.25) is 0 Å². The molecule has 1 aliphatic rings. The summed E-state index contributed by atoms with van der Waals surface area (Å²) in [5.41, 5.74) is 6.01. The summed E-state index contributed by atoms with van der Waals surface area (Å²) in [6.45, 7) is 16.7. The van der Waals surface area contributed by atoms with Gasteiger partial charge in [0.2, 0.25) is 11.7 Å². The van der Waals surface area contributed by atoms with Crippen molar-refractivity contribution in [3.05, 3.63) is 36.3 Å². The predicted molar refractivity (Wildman–Crippen MR) is 203 cm³/mol. The van der Waals surface area contributed by atoms with Crippen molar-refractivity contribution in [3.8, 4) is 23.0 Å². The van der Waals surface area contributed by atoms with Crippen LogP contribution in [0.4, 0.5) is 33.5 Å². The molecule has 0 saturated carbocycles. The number of pyridine rings is 1. The van der Waals surface area contributed by atoms with Gasteiger partial charge in [-0.1, -0.05) is 53.4 Å². The van der Waals surface area contributed by atoms with E-state index < -0.39 is 31.9 Å². The van der Waals surface area contributed by atoms with Gasteiger partial charge in [0, 0.05) is 17.8 Å². The van der Waals surface area contributed by atoms with E-state index in [1.165, 1.54) is 73.0 Å². The molecule has 3 aromatic rings. The lowest BCUT2D eigenvalue weighted by Gasteiger charge is -2.39. The van der Waals surface area contributed by atoms with Crippen molar-refractivity contribution >= 4 is 42.8 Å². The Kier molecular flexibility index (Phi) is 23.6. The molecular formula is C35H60FN8O9P. The number of quaternary nitrogens is 2. The molecule has 1 aliphatic heterocycles. The van der Waals surface area contributed by atoms with Crippen LogP contribution in [0.3, 0.4) is 0 Å². The quantitative estimate of drug-likeness (QED) is 0.190. The number of carbonyl (C=O) groups excluding carboxylic acids is 1. The zero-order valence-corrected chi connectivity index (χ0v) is 34.4. The number of nitrogens with zero attached hydrogens (tertiary/aromatic N) is 4. The van der Waals surface area contributed by atoms with Gasteiger partial charge in [0.05, 0.1) is 48.4 Å². The number of hydrogen-bond acceptors (Lipinski definition) is 14. The van der Waals surface area contributed by atoms with Crippen molar-refractivity contribution in [1.29, 1.82) is 0 Å². The number of anilines is 5.